The van der Waals surface area contributed by atoms with Crippen molar-refractivity contribution in [1.29, 1.82) is 0 Å². The van der Waals surface area contributed by atoms with E-state index in [0.717, 1.165) is 0 Å². The van der Waals surface area contributed by atoms with E-state index >= 15 is 0 Å². The molecule has 2 heterocycles. The first-order valence-electron chi connectivity index (χ1n) is 7.21. The first kappa shape index (κ1) is 17.8. The molecule has 0 spiro atoms. The molecule has 1 aromatic rings. The number of ether oxygens (including phenoxy) is 1. The summed E-state index contributed by atoms with van der Waals surface area (Å²) in [4.78, 5) is 28.2. The number of nitrogens with one attached hydrogen (secondary N) is 1. The number of alkyl halides is 3. The summed E-state index contributed by atoms with van der Waals surface area (Å²) < 4.78 is 40.9. The zero-order chi connectivity index (χ0) is 17.7. The zero-order valence-electron chi connectivity index (χ0n) is 12.7. The van der Waals surface area contributed by atoms with Crippen LogP contribution in [0.4, 0.5) is 18.0 Å². The number of hydrogen-bond donors (Lipinski definition) is 2. The highest BCUT2D eigenvalue weighted by Crippen LogP contribution is 2.18. The molecule has 3 N–H and O–H groups in total. The molecule has 0 aromatic carbocycles. The molecular weight excluding hydrogens is 329 g/mol. The van der Waals surface area contributed by atoms with E-state index in [0.29, 0.717) is 18.5 Å². The number of aromatic nitrogens is 1. The van der Waals surface area contributed by atoms with Crippen LogP contribution in [0.3, 0.4) is 0 Å². The van der Waals surface area contributed by atoms with Gasteiger partial charge in [-0.15, -0.1) is 0 Å². The minimum atomic E-state index is -4.45. The van der Waals surface area contributed by atoms with Crippen LogP contribution in [0.5, 0.6) is 5.88 Å². The third-order valence-corrected chi connectivity index (χ3v) is 3.50. The summed E-state index contributed by atoms with van der Waals surface area (Å²) in [5, 5.41) is 2.63. The van der Waals surface area contributed by atoms with Gasteiger partial charge < -0.3 is 20.7 Å². The smallest absolute Gasteiger partial charge is 0.422 e. The second-order valence-corrected chi connectivity index (χ2v) is 5.40. The van der Waals surface area contributed by atoms with Crippen molar-refractivity contribution in [3.63, 3.8) is 0 Å². The van der Waals surface area contributed by atoms with Crippen molar-refractivity contribution in [2.24, 2.45) is 11.7 Å². The highest BCUT2D eigenvalue weighted by molar-refractivity contribution is 5.80. The third kappa shape index (κ3) is 5.28. The van der Waals surface area contributed by atoms with Crippen LogP contribution in [0.25, 0.3) is 0 Å². The lowest BCUT2D eigenvalue weighted by molar-refractivity contribution is -0.154. The second-order valence-electron chi connectivity index (χ2n) is 5.40. The molecule has 24 heavy (non-hydrogen) atoms. The average Bonchev–Trinajstić information content (AvgIpc) is 3.01. The maximum absolute atomic E-state index is 12.1. The van der Waals surface area contributed by atoms with Crippen LogP contribution < -0.4 is 15.8 Å². The first-order chi connectivity index (χ1) is 11.2. The minimum absolute atomic E-state index is 0.0987. The Hall–Kier alpha value is -2.52. The molecule has 2 rings (SSSR count). The lowest BCUT2D eigenvalue weighted by Gasteiger charge is -2.17. The molecule has 1 saturated heterocycles. The summed E-state index contributed by atoms with van der Waals surface area (Å²) in [6.45, 7) is -0.646. The summed E-state index contributed by atoms with van der Waals surface area (Å²) >= 11 is 0. The molecule has 132 valence electrons. The summed E-state index contributed by atoms with van der Waals surface area (Å²) in [6, 6.07) is 2.51. The fourth-order valence-electron chi connectivity index (χ4n) is 2.26. The van der Waals surface area contributed by atoms with Crippen molar-refractivity contribution in [1.82, 2.24) is 15.2 Å². The lowest BCUT2D eigenvalue weighted by Crippen LogP contribution is -2.39. The monoisotopic (exact) mass is 346 g/mol. The zero-order valence-corrected chi connectivity index (χ0v) is 12.7. The number of rotatable bonds is 5. The molecule has 0 bridgehead atoms. The quantitative estimate of drug-likeness (QED) is 0.832. The van der Waals surface area contributed by atoms with Crippen molar-refractivity contribution in [2.75, 3.05) is 19.7 Å². The predicted molar refractivity (Wildman–Crippen MR) is 76.9 cm³/mol. The molecular formula is C14H17F3N4O3. The normalized spacial score (nSPS) is 17.6. The van der Waals surface area contributed by atoms with E-state index in [2.05, 4.69) is 15.0 Å². The Balaban J connectivity index is 1.84. The van der Waals surface area contributed by atoms with Crippen LogP contribution >= 0.6 is 0 Å². The number of carbonyl (C=O) groups is 2. The largest absolute Gasteiger partial charge is 0.468 e. The molecule has 1 aromatic heterocycles. The number of urea groups is 1. The molecule has 1 aliphatic rings. The van der Waals surface area contributed by atoms with Crippen LogP contribution in [0.1, 0.15) is 12.0 Å². The molecule has 0 aliphatic carbocycles. The Morgan fingerprint density at radius 1 is 1.46 bits per heavy atom. The minimum Gasteiger partial charge on any atom is -0.468 e. The fraction of sp³-hybridized carbons (Fsp3) is 0.500. The summed E-state index contributed by atoms with van der Waals surface area (Å²) in [6.07, 6.45) is -2.63. The van der Waals surface area contributed by atoms with Gasteiger partial charge in [-0.1, -0.05) is 0 Å². The van der Waals surface area contributed by atoms with Crippen LogP contribution in [-0.4, -0.2) is 47.7 Å². The number of hydrogen-bond acceptors (Lipinski definition) is 4. The molecule has 7 nitrogen and oxygen atoms in total. The lowest BCUT2D eigenvalue weighted by atomic mass is 10.1. The number of halogens is 3. The third-order valence-electron chi connectivity index (χ3n) is 3.50. The summed E-state index contributed by atoms with van der Waals surface area (Å²) in [7, 11) is 0. The molecule has 1 fully saturated rings. The maximum Gasteiger partial charge on any atom is 0.422 e. The maximum atomic E-state index is 12.1. The summed E-state index contributed by atoms with van der Waals surface area (Å²) in [5.41, 5.74) is 5.75. The standard InChI is InChI=1S/C14H17F3N4O3/c15-14(16,17)8-24-11-5-9(1-3-19-11)6-20-13(23)21-4-2-10(7-21)12(18)22/h1,3,5,10H,2,4,6-8H2,(H2,18,22)(H,20,23)/t10-/m0/s1. The van der Waals surface area contributed by atoms with Crippen LogP contribution in [-0.2, 0) is 11.3 Å². The van der Waals surface area contributed by atoms with Gasteiger partial charge in [-0.05, 0) is 18.1 Å². The Morgan fingerprint density at radius 2 is 2.21 bits per heavy atom. The van der Waals surface area contributed by atoms with Crippen LogP contribution in [0, 0.1) is 5.92 Å². The van der Waals surface area contributed by atoms with E-state index in [-0.39, 0.29) is 30.9 Å². The van der Waals surface area contributed by atoms with Crippen molar-refractivity contribution in [2.45, 2.75) is 19.1 Å². The first-order valence-corrected chi connectivity index (χ1v) is 7.21. The fourth-order valence-corrected chi connectivity index (χ4v) is 2.26. The average molecular weight is 346 g/mol. The van der Waals surface area contributed by atoms with Gasteiger partial charge in [0.15, 0.2) is 6.61 Å². The molecule has 0 saturated carbocycles. The van der Waals surface area contributed by atoms with Gasteiger partial charge in [0.1, 0.15) is 0 Å². The van der Waals surface area contributed by atoms with Gasteiger partial charge >= 0.3 is 12.2 Å². The van der Waals surface area contributed by atoms with Crippen molar-refractivity contribution >= 4 is 11.9 Å². The van der Waals surface area contributed by atoms with Gasteiger partial charge in [0.25, 0.3) is 0 Å². The Kier molecular flexibility index (Phi) is 5.47. The molecule has 1 atom stereocenters. The Morgan fingerprint density at radius 3 is 2.83 bits per heavy atom. The molecule has 1 aliphatic heterocycles. The molecule has 0 radical (unpaired) electrons. The number of nitrogens with zero attached hydrogens (tertiary/aromatic N) is 2. The number of pyridine rings is 1. The van der Waals surface area contributed by atoms with E-state index in [9.17, 15) is 22.8 Å². The van der Waals surface area contributed by atoms with E-state index in [1.807, 2.05) is 0 Å². The number of amides is 3. The van der Waals surface area contributed by atoms with Gasteiger partial charge in [-0.25, -0.2) is 9.78 Å². The molecule has 3 amide bonds. The van der Waals surface area contributed by atoms with Crippen molar-refractivity contribution < 1.29 is 27.5 Å². The highest BCUT2D eigenvalue weighted by atomic mass is 19.4. The second kappa shape index (κ2) is 7.37. The molecule has 10 heteroatoms. The number of likely N-dealkylation sites (tertiary alicyclic amines) is 1. The number of primary amides is 1. The SMILES string of the molecule is NC(=O)[C@H]1CCN(C(=O)NCc2ccnc(OCC(F)(F)F)c2)C1. The van der Waals surface area contributed by atoms with Crippen LogP contribution in [0.2, 0.25) is 0 Å². The van der Waals surface area contributed by atoms with Crippen molar-refractivity contribution in [3.8, 4) is 5.88 Å². The Bertz CT molecular complexity index is 609. The van der Waals surface area contributed by atoms with E-state index in [4.69, 9.17) is 5.73 Å². The Labute approximate surface area is 136 Å². The van der Waals surface area contributed by atoms with E-state index in [1.165, 1.54) is 17.2 Å². The number of nitrogens with two attached hydrogens (primary N) is 1. The predicted octanol–water partition coefficient (Wildman–Crippen LogP) is 1.04. The van der Waals surface area contributed by atoms with Gasteiger partial charge in [0.05, 0.1) is 5.92 Å². The topological polar surface area (TPSA) is 97.6 Å². The van der Waals surface area contributed by atoms with Gasteiger partial charge in [-0.3, -0.25) is 4.79 Å². The summed E-state index contributed by atoms with van der Waals surface area (Å²) in [5.74, 6) is -0.959. The van der Waals surface area contributed by atoms with E-state index in [1.54, 1.807) is 6.07 Å². The van der Waals surface area contributed by atoms with E-state index < -0.39 is 18.7 Å². The van der Waals surface area contributed by atoms with Crippen molar-refractivity contribution in [3.05, 3.63) is 23.9 Å². The van der Waals surface area contributed by atoms with Gasteiger partial charge in [0, 0.05) is 31.9 Å². The number of carbonyl (C=O) groups excluding carboxylic acids is 2. The van der Waals surface area contributed by atoms with Gasteiger partial charge in [-0.2, -0.15) is 13.2 Å². The van der Waals surface area contributed by atoms with Crippen LogP contribution in [0.15, 0.2) is 18.3 Å². The van der Waals surface area contributed by atoms with Gasteiger partial charge in [0.2, 0.25) is 11.8 Å². The molecule has 0 unspecified atom stereocenters. The highest BCUT2D eigenvalue weighted by Gasteiger charge is 2.30.